The summed E-state index contributed by atoms with van der Waals surface area (Å²) in [6, 6.07) is 0.885. The molecule has 0 aromatic heterocycles. The first-order valence-electron chi connectivity index (χ1n) is 7.37. The molecular weight excluding hydrogens is 265 g/mol. The number of hydrogen-bond acceptors (Lipinski definition) is 2. The number of rotatable bonds is 11. The molecule has 0 aliphatic heterocycles. The van der Waals surface area contributed by atoms with E-state index < -0.39 is 7.65 Å². The van der Waals surface area contributed by atoms with Crippen LogP contribution in [0.4, 0.5) is 0 Å². The van der Waals surface area contributed by atoms with Gasteiger partial charge in [-0.1, -0.05) is 39.0 Å². The Bertz CT molecular complexity index is 183. The smallest absolute Gasteiger partial charge is 0.207 e. The van der Waals surface area contributed by atoms with E-state index in [2.05, 4.69) is 39.3 Å². The van der Waals surface area contributed by atoms with Crippen molar-refractivity contribution in [2.75, 3.05) is 6.61 Å². The van der Waals surface area contributed by atoms with E-state index in [-0.39, 0.29) is 0 Å². The quantitative estimate of drug-likeness (QED) is 0.345. The number of halogens is 1. The van der Waals surface area contributed by atoms with E-state index in [1.807, 2.05) is 0 Å². The molecule has 2 nitrogen and oxygen atoms in total. The Balaban J connectivity index is 3.65. The summed E-state index contributed by atoms with van der Waals surface area (Å²) in [5, 5.41) is 0. The van der Waals surface area contributed by atoms with Crippen LogP contribution < -0.4 is 0 Å². The molecule has 18 heavy (non-hydrogen) atoms. The fourth-order valence-electron chi connectivity index (χ4n) is 2.05. The highest BCUT2D eigenvalue weighted by atomic mass is 35.7. The highest BCUT2D eigenvalue weighted by Gasteiger charge is 2.23. The van der Waals surface area contributed by atoms with Crippen LogP contribution in [0.15, 0.2) is 0 Å². The highest BCUT2D eigenvalue weighted by molar-refractivity contribution is 7.78. The number of nitrogens with zero attached hydrogens (tertiary/aromatic N) is 1. The lowest BCUT2D eigenvalue weighted by atomic mass is 10.1. The summed E-state index contributed by atoms with van der Waals surface area (Å²) >= 11 is 6.37. The van der Waals surface area contributed by atoms with E-state index in [1.54, 1.807) is 0 Å². The summed E-state index contributed by atoms with van der Waals surface area (Å²) in [5.41, 5.74) is 0. The zero-order chi connectivity index (χ0) is 14.0. The van der Waals surface area contributed by atoms with E-state index in [0.717, 1.165) is 13.0 Å². The molecule has 0 aromatic carbocycles. The van der Waals surface area contributed by atoms with Crippen LogP contribution in [0, 0.1) is 0 Å². The third-order valence-electron chi connectivity index (χ3n) is 2.94. The van der Waals surface area contributed by atoms with Crippen molar-refractivity contribution in [2.24, 2.45) is 0 Å². The van der Waals surface area contributed by atoms with Crippen LogP contribution >= 0.6 is 18.9 Å². The van der Waals surface area contributed by atoms with Crippen molar-refractivity contribution in [1.29, 1.82) is 0 Å². The monoisotopic (exact) mass is 295 g/mol. The van der Waals surface area contributed by atoms with Crippen LogP contribution in [0.5, 0.6) is 0 Å². The van der Waals surface area contributed by atoms with Crippen LogP contribution in [-0.2, 0) is 4.52 Å². The largest absolute Gasteiger partial charge is 0.331 e. The second kappa shape index (κ2) is 11.5. The van der Waals surface area contributed by atoms with Gasteiger partial charge in [0, 0.05) is 12.1 Å². The average molecular weight is 296 g/mol. The van der Waals surface area contributed by atoms with Crippen molar-refractivity contribution < 1.29 is 4.52 Å². The third kappa shape index (κ3) is 8.69. The minimum absolute atomic E-state index is 0.443. The van der Waals surface area contributed by atoms with Gasteiger partial charge in [-0.25, -0.2) is 4.67 Å². The summed E-state index contributed by atoms with van der Waals surface area (Å²) < 4.78 is 8.05. The van der Waals surface area contributed by atoms with Crippen molar-refractivity contribution in [3.63, 3.8) is 0 Å². The van der Waals surface area contributed by atoms with Gasteiger partial charge in [-0.15, -0.1) is 0 Å². The molecule has 0 aliphatic carbocycles. The molecule has 1 atom stereocenters. The molecule has 110 valence electrons. The zero-order valence-electron chi connectivity index (χ0n) is 12.8. The molecule has 0 saturated carbocycles. The molecule has 0 N–H and O–H groups in total. The van der Waals surface area contributed by atoms with Gasteiger partial charge in [0.2, 0.25) is 7.65 Å². The lowest BCUT2D eigenvalue weighted by Crippen LogP contribution is -2.31. The maximum absolute atomic E-state index is 6.37. The summed E-state index contributed by atoms with van der Waals surface area (Å²) in [6.45, 7) is 11.7. The minimum atomic E-state index is -0.945. The predicted molar refractivity (Wildman–Crippen MR) is 84.2 cm³/mol. The van der Waals surface area contributed by atoms with Crippen LogP contribution in [0.3, 0.4) is 0 Å². The van der Waals surface area contributed by atoms with E-state index in [1.165, 1.54) is 32.1 Å². The van der Waals surface area contributed by atoms with E-state index in [4.69, 9.17) is 15.8 Å². The molecule has 0 amide bonds. The first-order chi connectivity index (χ1) is 8.50. The third-order valence-corrected chi connectivity index (χ3v) is 5.43. The topological polar surface area (TPSA) is 12.5 Å². The Labute approximate surface area is 120 Å². The van der Waals surface area contributed by atoms with Crippen LogP contribution in [-0.4, -0.2) is 23.4 Å². The van der Waals surface area contributed by atoms with Crippen molar-refractivity contribution in [3.05, 3.63) is 0 Å². The van der Waals surface area contributed by atoms with E-state index >= 15 is 0 Å². The first kappa shape index (κ1) is 18.6. The number of hydrogen-bond donors (Lipinski definition) is 0. The van der Waals surface area contributed by atoms with Gasteiger partial charge >= 0.3 is 0 Å². The molecule has 0 aromatic rings. The zero-order valence-corrected chi connectivity index (χ0v) is 14.4. The molecule has 0 saturated heterocycles. The Hall–Kier alpha value is 0.640. The lowest BCUT2D eigenvalue weighted by Gasteiger charge is -2.33. The molecule has 0 bridgehead atoms. The minimum Gasteiger partial charge on any atom is -0.331 e. The van der Waals surface area contributed by atoms with E-state index in [0.29, 0.717) is 12.1 Å². The van der Waals surface area contributed by atoms with Crippen molar-refractivity contribution in [3.8, 4) is 0 Å². The van der Waals surface area contributed by atoms with Gasteiger partial charge in [-0.05, 0) is 45.4 Å². The fourth-order valence-corrected chi connectivity index (χ4v) is 4.44. The van der Waals surface area contributed by atoms with Gasteiger partial charge in [-0.3, -0.25) is 0 Å². The van der Waals surface area contributed by atoms with E-state index in [9.17, 15) is 0 Å². The SMILES string of the molecule is CCCCCCCCOP(Cl)N(C(C)C)C(C)C. The van der Waals surface area contributed by atoms with Crippen LogP contribution in [0.25, 0.3) is 0 Å². The lowest BCUT2D eigenvalue weighted by molar-refractivity contribution is 0.258. The normalized spacial score (nSPS) is 13.8. The Morgan fingerprint density at radius 3 is 1.94 bits per heavy atom. The molecule has 0 rings (SSSR count). The highest BCUT2D eigenvalue weighted by Crippen LogP contribution is 2.49. The molecular formula is C14H31ClNOP. The second-order valence-corrected chi connectivity index (χ2v) is 7.43. The maximum Gasteiger partial charge on any atom is 0.207 e. The average Bonchev–Trinajstić information content (AvgIpc) is 2.26. The molecule has 0 aliphatic rings. The predicted octanol–water partition coefficient (Wildman–Crippen LogP) is 5.95. The van der Waals surface area contributed by atoms with Crippen LogP contribution in [0.2, 0.25) is 0 Å². The standard InChI is InChI=1S/C14H31ClNOP/c1-6-7-8-9-10-11-12-17-18(15)16(13(2)3)14(4)5/h13-14H,6-12H2,1-5H3. The Morgan fingerprint density at radius 1 is 0.944 bits per heavy atom. The van der Waals surface area contributed by atoms with Gasteiger partial charge in [0.25, 0.3) is 0 Å². The Morgan fingerprint density at radius 2 is 1.44 bits per heavy atom. The summed E-state index contributed by atoms with van der Waals surface area (Å²) in [4.78, 5) is 0. The van der Waals surface area contributed by atoms with Crippen molar-refractivity contribution in [1.82, 2.24) is 4.67 Å². The first-order valence-corrected chi connectivity index (χ1v) is 9.49. The van der Waals surface area contributed by atoms with Crippen LogP contribution in [0.1, 0.15) is 73.1 Å². The van der Waals surface area contributed by atoms with Gasteiger partial charge in [-0.2, -0.15) is 0 Å². The van der Waals surface area contributed by atoms with Crippen molar-refractivity contribution in [2.45, 2.75) is 85.2 Å². The molecule has 1 unspecified atom stereocenters. The van der Waals surface area contributed by atoms with Crippen molar-refractivity contribution >= 4 is 18.9 Å². The van der Waals surface area contributed by atoms with Gasteiger partial charge in [0.05, 0.1) is 6.61 Å². The summed E-state index contributed by atoms with van der Waals surface area (Å²) in [5.74, 6) is 0. The molecule has 0 spiro atoms. The maximum atomic E-state index is 6.37. The summed E-state index contributed by atoms with van der Waals surface area (Å²) in [7, 11) is -0.945. The summed E-state index contributed by atoms with van der Waals surface area (Å²) in [6.07, 6.45) is 7.76. The molecule has 0 heterocycles. The fraction of sp³-hybridized carbons (Fsp3) is 1.00. The molecule has 4 heteroatoms. The van der Waals surface area contributed by atoms with Gasteiger partial charge in [0.15, 0.2) is 0 Å². The molecule has 0 radical (unpaired) electrons. The Kier molecular flexibility index (Phi) is 11.9. The second-order valence-electron chi connectivity index (χ2n) is 5.39. The number of unbranched alkanes of at least 4 members (excludes halogenated alkanes) is 5. The van der Waals surface area contributed by atoms with Gasteiger partial charge < -0.3 is 4.52 Å². The molecule has 0 fully saturated rings. The van der Waals surface area contributed by atoms with Gasteiger partial charge in [0.1, 0.15) is 0 Å².